The third-order valence-corrected chi connectivity index (χ3v) is 5.21. The molecule has 2 unspecified atom stereocenters. The standard InChI is InChI=1S/C22H24N4O2/c1-12(2)27-20-7-4-14(10-15(20)11-23)22-25-21(26-28-22)18-9-13(3)8-17-16(18)5-6-19(17)24/h4,7-8,10,12-13,19H,5-6,9,24H2,1-3H3. The molecule has 0 spiro atoms. The van der Waals surface area contributed by atoms with Crippen molar-refractivity contribution in [3.05, 3.63) is 46.8 Å². The topological polar surface area (TPSA) is 98.0 Å². The third-order valence-electron chi connectivity index (χ3n) is 5.21. The van der Waals surface area contributed by atoms with Gasteiger partial charge >= 0.3 is 0 Å². The monoisotopic (exact) mass is 376 g/mol. The molecule has 2 aliphatic carbocycles. The van der Waals surface area contributed by atoms with Crippen molar-refractivity contribution in [1.82, 2.24) is 10.1 Å². The molecule has 1 heterocycles. The average Bonchev–Trinajstić information content (AvgIpc) is 3.29. The van der Waals surface area contributed by atoms with Crippen molar-refractivity contribution in [3.63, 3.8) is 0 Å². The summed E-state index contributed by atoms with van der Waals surface area (Å²) in [5.74, 6) is 1.98. The van der Waals surface area contributed by atoms with Gasteiger partial charge in [-0.15, -0.1) is 0 Å². The van der Waals surface area contributed by atoms with E-state index in [9.17, 15) is 5.26 Å². The zero-order valence-electron chi connectivity index (χ0n) is 16.4. The third kappa shape index (κ3) is 3.34. The molecule has 0 bridgehead atoms. The second-order valence-electron chi connectivity index (χ2n) is 7.82. The minimum absolute atomic E-state index is 0.00490. The fourth-order valence-electron chi connectivity index (χ4n) is 3.98. The molecule has 1 aromatic heterocycles. The highest BCUT2D eigenvalue weighted by Crippen LogP contribution is 2.42. The van der Waals surface area contributed by atoms with Gasteiger partial charge < -0.3 is 15.0 Å². The lowest BCUT2D eigenvalue weighted by Gasteiger charge is -2.20. The van der Waals surface area contributed by atoms with E-state index >= 15 is 0 Å². The summed E-state index contributed by atoms with van der Waals surface area (Å²) in [5.41, 5.74) is 11.1. The highest BCUT2D eigenvalue weighted by Gasteiger charge is 2.31. The lowest BCUT2D eigenvalue weighted by Crippen LogP contribution is -2.19. The number of ether oxygens (including phenoxy) is 1. The van der Waals surface area contributed by atoms with Crippen LogP contribution in [0.5, 0.6) is 5.75 Å². The van der Waals surface area contributed by atoms with Crippen molar-refractivity contribution in [2.45, 2.75) is 52.2 Å². The van der Waals surface area contributed by atoms with E-state index in [4.69, 9.17) is 15.0 Å². The van der Waals surface area contributed by atoms with E-state index in [0.29, 0.717) is 34.5 Å². The van der Waals surface area contributed by atoms with E-state index in [1.807, 2.05) is 19.9 Å². The molecule has 2 aliphatic rings. The van der Waals surface area contributed by atoms with Gasteiger partial charge in [0.1, 0.15) is 11.8 Å². The van der Waals surface area contributed by atoms with E-state index in [1.165, 1.54) is 11.1 Å². The molecule has 1 saturated carbocycles. The second kappa shape index (κ2) is 7.25. The van der Waals surface area contributed by atoms with Crippen LogP contribution in [-0.4, -0.2) is 22.3 Å². The number of allylic oxidation sites excluding steroid dienone is 2. The van der Waals surface area contributed by atoms with Gasteiger partial charge in [0.2, 0.25) is 0 Å². The van der Waals surface area contributed by atoms with Crippen LogP contribution < -0.4 is 10.5 Å². The Morgan fingerprint density at radius 2 is 2.14 bits per heavy atom. The van der Waals surface area contributed by atoms with Crippen molar-refractivity contribution >= 4 is 5.57 Å². The summed E-state index contributed by atoms with van der Waals surface area (Å²) in [5, 5.41) is 13.7. The van der Waals surface area contributed by atoms with Gasteiger partial charge in [-0.3, -0.25) is 0 Å². The molecular formula is C22H24N4O2. The smallest absolute Gasteiger partial charge is 0.258 e. The maximum atomic E-state index is 9.45. The molecule has 1 aromatic carbocycles. The number of aromatic nitrogens is 2. The van der Waals surface area contributed by atoms with Gasteiger partial charge in [-0.05, 0) is 68.4 Å². The Bertz CT molecular complexity index is 1010. The summed E-state index contributed by atoms with van der Waals surface area (Å²) in [6.45, 7) is 6.04. The minimum atomic E-state index is -0.00490. The first-order valence-corrected chi connectivity index (χ1v) is 9.71. The van der Waals surface area contributed by atoms with Crippen molar-refractivity contribution < 1.29 is 9.26 Å². The molecule has 0 saturated heterocycles. The number of hydrogen-bond donors (Lipinski definition) is 1. The normalized spacial score (nSPS) is 21.5. The van der Waals surface area contributed by atoms with Crippen LogP contribution in [0.1, 0.15) is 51.4 Å². The molecule has 6 heteroatoms. The molecule has 2 N–H and O–H groups in total. The maximum Gasteiger partial charge on any atom is 0.258 e. The zero-order chi connectivity index (χ0) is 19.8. The number of benzene rings is 1. The van der Waals surface area contributed by atoms with Gasteiger partial charge in [-0.2, -0.15) is 10.2 Å². The number of fused-ring (bicyclic) bond motifs is 1. The van der Waals surface area contributed by atoms with Crippen LogP contribution in [0.2, 0.25) is 0 Å². The Morgan fingerprint density at radius 1 is 1.32 bits per heavy atom. The first-order valence-electron chi connectivity index (χ1n) is 9.71. The van der Waals surface area contributed by atoms with Crippen LogP contribution in [0.3, 0.4) is 0 Å². The summed E-state index contributed by atoms with van der Waals surface area (Å²) in [6, 6.07) is 7.63. The molecule has 144 valence electrons. The second-order valence-corrected chi connectivity index (χ2v) is 7.82. The van der Waals surface area contributed by atoms with E-state index < -0.39 is 0 Å². The summed E-state index contributed by atoms with van der Waals surface area (Å²) in [4.78, 5) is 4.64. The molecule has 0 aliphatic heterocycles. The quantitative estimate of drug-likeness (QED) is 0.857. The van der Waals surface area contributed by atoms with Gasteiger partial charge in [-0.1, -0.05) is 18.2 Å². The molecule has 2 aromatic rings. The van der Waals surface area contributed by atoms with E-state index in [1.54, 1.807) is 12.1 Å². The Balaban J connectivity index is 1.68. The SMILES string of the molecule is CC1C=C2C(=C(c3noc(-c4ccc(OC(C)C)c(C#N)c4)n3)C1)CCC2N. The van der Waals surface area contributed by atoms with Gasteiger partial charge in [-0.25, -0.2) is 0 Å². The van der Waals surface area contributed by atoms with Crippen molar-refractivity contribution in [3.8, 4) is 23.3 Å². The molecule has 0 radical (unpaired) electrons. The highest BCUT2D eigenvalue weighted by atomic mass is 16.5. The van der Waals surface area contributed by atoms with Crippen molar-refractivity contribution in [2.75, 3.05) is 0 Å². The Kier molecular flexibility index (Phi) is 4.78. The number of nitrogens with two attached hydrogens (primary N) is 1. The highest BCUT2D eigenvalue weighted by molar-refractivity contribution is 5.73. The zero-order valence-corrected chi connectivity index (χ0v) is 16.4. The summed E-state index contributed by atoms with van der Waals surface area (Å²) >= 11 is 0. The summed E-state index contributed by atoms with van der Waals surface area (Å²) in [6.07, 6.45) is 5.08. The molecule has 6 nitrogen and oxygen atoms in total. The molecule has 2 atom stereocenters. The first kappa shape index (κ1) is 18.5. The van der Waals surface area contributed by atoms with E-state index in [0.717, 1.165) is 24.8 Å². The van der Waals surface area contributed by atoms with Crippen LogP contribution in [-0.2, 0) is 0 Å². The number of rotatable bonds is 4. The fourth-order valence-corrected chi connectivity index (χ4v) is 3.98. The van der Waals surface area contributed by atoms with Crippen LogP contribution >= 0.6 is 0 Å². The molecule has 28 heavy (non-hydrogen) atoms. The van der Waals surface area contributed by atoms with Crippen LogP contribution in [0.4, 0.5) is 0 Å². The van der Waals surface area contributed by atoms with Crippen LogP contribution in [0, 0.1) is 17.2 Å². The van der Waals surface area contributed by atoms with Crippen molar-refractivity contribution in [1.29, 1.82) is 5.26 Å². The lowest BCUT2D eigenvalue weighted by atomic mass is 9.86. The minimum Gasteiger partial charge on any atom is -0.490 e. The van der Waals surface area contributed by atoms with E-state index in [2.05, 4.69) is 29.2 Å². The number of nitrogens with zero attached hydrogens (tertiary/aromatic N) is 3. The predicted molar refractivity (Wildman–Crippen MR) is 106 cm³/mol. The van der Waals surface area contributed by atoms with Crippen LogP contribution in [0.25, 0.3) is 17.0 Å². The van der Waals surface area contributed by atoms with Gasteiger partial charge in [0.15, 0.2) is 5.82 Å². The largest absolute Gasteiger partial charge is 0.490 e. The maximum absolute atomic E-state index is 9.45. The predicted octanol–water partition coefficient (Wildman–Crippen LogP) is 4.24. The van der Waals surface area contributed by atoms with Crippen LogP contribution in [0.15, 0.2) is 39.9 Å². The number of hydrogen-bond acceptors (Lipinski definition) is 6. The van der Waals surface area contributed by atoms with Crippen molar-refractivity contribution in [2.24, 2.45) is 11.7 Å². The summed E-state index contributed by atoms with van der Waals surface area (Å²) < 4.78 is 11.2. The Labute approximate surface area is 164 Å². The average molecular weight is 376 g/mol. The lowest BCUT2D eigenvalue weighted by molar-refractivity contribution is 0.242. The van der Waals surface area contributed by atoms with E-state index in [-0.39, 0.29) is 12.1 Å². The molecule has 4 rings (SSSR count). The Morgan fingerprint density at radius 3 is 2.89 bits per heavy atom. The molecule has 1 fully saturated rings. The number of nitriles is 1. The van der Waals surface area contributed by atoms with Gasteiger partial charge in [0.05, 0.1) is 11.7 Å². The van der Waals surface area contributed by atoms with Gasteiger partial charge in [0, 0.05) is 17.2 Å². The Hall–Kier alpha value is -2.91. The fraction of sp³-hybridized carbons (Fsp3) is 0.409. The van der Waals surface area contributed by atoms with Gasteiger partial charge in [0.25, 0.3) is 5.89 Å². The first-order chi connectivity index (χ1) is 13.5. The summed E-state index contributed by atoms with van der Waals surface area (Å²) in [7, 11) is 0. The molecular weight excluding hydrogens is 352 g/mol. The molecule has 0 amide bonds.